The molecule has 1 aromatic heterocycles. The molecule has 2 fully saturated rings. The minimum Gasteiger partial charge on any atom is -0.376 e. The molecule has 0 aromatic carbocycles. The maximum atomic E-state index is 9.20. The Balaban J connectivity index is 1.81. The molecule has 0 radical (unpaired) electrons. The van der Waals surface area contributed by atoms with Gasteiger partial charge in [-0.05, 0) is 44.7 Å². The van der Waals surface area contributed by atoms with Crippen molar-refractivity contribution in [2.75, 3.05) is 11.9 Å². The molecule has 0 unspecified atom stereocenters. The first-order valence-electron chi connectivity index (χ1n) is 7.07. The van der Waals surface area contributed by atoms with Crippen LogP contribution in [0.4, 0.5) is 5.82 Å². The second-order valence-electron chi connectivity index (χ2n) is 5.49. The summed E-state index contributed by atoms with van der Waals surface area (Å²) in [5.74, 6) is 1.34. The lowest BCUT2D eigenvalue weighted by Gasteiger charge is -2.30. The van der Waals surface area contributed by atoms with E-state index in [1.807, 2.05) is 12.1 Å². The molecule has 1 aliphatic heterocycles. The summed E-state index contributed by atoms with van der Waals surface area (Å²) < 4.78 is 5.65. The third kappa shape index (κ3) is 2.71. The molecule has 1 saturated heterocycles. The van der Waals surface area contributed by atoms with E-state index in [0.717, 1.165) is 31.0 Å². The molecular formula is C15H19N3O. The molecule has 19 heavy (non-hydrogen) atoms. The summed E-state index contributed by atoms with van der Waals surface area (Å²) in [5.41, 5.74) is 1.74. The highest BCUT2D eigenvalue weighted by molar-refractivity contribution is 5.53. The minimum absolute atomic E-state index is 0.173. The van der Waals surface area contributed by atoms with Crippen molar-refractivity contribution in [1.82, 2.24) is 4.98 Å². The van der Waals surface area contributed by atoms with Crippen LogP contribution in [0.15, 0.2) is 12.1 Å². The number of ether oxygens (including phenoxy) is 1. The first-order chi connectivity index (χ1) is 9.28. The fourth-order valence-corrected chi connectivity index (χ4v) is 2.57. The van der Waals surface area contributed by atoms with Crippen LogP contribution in [-0.2, 0) is 4.74 Å². The summed E-state index contributed by atoms with van der Waals surface area (Å²) >= 11 is 0. The van der Waals surface area contributed by atoms with Gasteiger partial charge in [-0.1, -0.05) is 0 Å². The lowest BCUT2D eigenvalue weighted by atomic mass is 10.0. The Bertz CT molecular complexity index is 505. The van der Waals surface area contributed by atoms with E-state index in [0.29, 0.717) is 11.5 Å². The molecule has 1 N–H and O–H groups in total. The maximum Gasteiger partial charge on any atom is 0.144 e. The van der Waals surface area contributed by atoms with E-state index in [1.54, 1.807) is 0 Å². The fourth-order valence-electron chi connectivity index (χ4n) is 2.57. The molecule has 4 heteroatoms. The van der Waals surface area contributed by atoms with Gasteiger partial charge in [0, 0.05) is 18.2 Å². The van der Waals surface area contributed by atoms with Crippen LogP contribution in [0.5, 0.6) is 0 Å². The largest absolute Gasteiger partial charge is 0.376 e. The molecule has 0 amide bonds. The van der Waals surface area contributed by atoms with E-state index in [1.165, 1.54) is 12.8 Å². The topological polar surface area (TPSA) is 57.9 Å². The highest BCUT2D eigenvalue weighted by Crippen LogP contribution is 2.39. The monoisotopic (exact) mass is 257 g/mol. The van der Waals surface area contributed by atoms with Crippen molar-refractivity contribution in [2.24, 2.45) is 0 Å². The van der Waals surface area contributed by atoms with E-state index in [2.05, 4.69) is 23.3 Å². The lowest BCUT2D eigenvalue weighted by molar-refractivity contribution is 0.0191. The highest BCUT2D eigenvalue weighted by atomic mass is 16.5. The summed E-state index contributed by atoms with van der Waals surface area (Å²) in [4.78, 5) is 4.64. The zero-order valence-electron chi connectivity index (χ0n) is 11.2. The van der Waals surface area contributed by atoms with Gasteiger partial charge in [-0.2, -0.15) is 5.26 Å². The average Bonchev–Trinajstić information content (AvgIpc) is 3.26. The Hall–Kier alpha value is -1.60. The number of nitrogens with zero attached hydrogens (tertiary/aromatic N) is 2. The second kappa shape index (κ2) is 5.18. The molecule has 0 spiro atoms. The van der Waals surface area contributed by atoms with Gasteiger partial charge in [0.25, 0.3) is 0 Å². The molecular weight excluding hydrogens is 238 g/mol. The van der Waals surface area contributed by atoms with Gasteiger partial charge >= 0.3 is 0 Å². The van der Waals surface area contributed by atoms with Crippen LogP contribution in [0, 0.1) is 11.3 Å². The molecule has 2 aliphatic rings. The quantitative estimate of drug-likeness (QED) is 0.904. The highest BCUT2D eigenvalue weighted by Gasteiger charge is 2.27. The number of rotatable bonds is 3. The standard InChI is InChI=1S/C15H19N3O/c1-10-13(3-2-8-19-10)17-15-12(9-16)6-7-14(18-15)11-4-5-11/h6-7,10-11,13H,2-5,8H2,1H3,(H,17,18)/t10-,13+/m1/s1. The fraction of sp³-hybridized carbons (Fsp3) is 0.600. The molecule has 100 valence electrons. The van der Waals surface area contributed by atoms with Crippen molar-refractivity contribution < 1.29 is 4.74 Å². The third-order valence-corrected chi connectivity index (χ3v) is 3.96. The first kappa shape index (κ1) is 12.4. The Labute approximate surface area is 113 Å². The zero-order chi connectivity index (χ0) is 13.2. The van der Waals surface area contributed by atoms with E-state index in [9.17, 15) is 5.26 Å². The van der Waals surface area contributed by atoms with Crippen LogP contribution in [-0.4, -0.2) is 23.7 Å². The van der Waals surface area contributed by atoms with Gasteiger partial charge in [0.05, 0.1) is 17.7 Å². The predicted octanol–water partition coefficient (Wildman–Crippen LogP) is 2.81. The lowest BCUT2D eigenvalue weighted by Crippen LogP contribution is -2.38. The number of hydrogen-bond donors (Lipinski definition) is 1. The van der Waals surface area contributed by atoms with Crippen LogP contribution in [0.3, 0.4) is 0 Å². The number of nitriles is 1. The summed E-state index contributed by atoms with van der Waals surface area (Å²) in [6.45, 7) is 2.91. The van der Waals surface area contributed by atoms with Gasteiger partial charge < -0.3 is 10.1 Å². The Morgan fingerprint density at radius 1 is 1.37 bits per heavy atom. The number of pyridine rings is 1. The van der Waals surface area contributed by atoms with Gasteiger partial charge in [0.15, 0.2) is 0 Å². The minimum atomic E-state index is 0.173. The van der Waals surface area contributed by atoms with Gasteiger partial charge in [-0.15, -0.1) is 0 Å². The molecule has 0 bridgehead atoms. The van der Waals surface area contributed by atoms with E-state index in [-0.39, 0.29) is 12.1 Å². The average molecular weight is 257 g/mol. The predicted molar refractivity (Wildman–Crippen MR) is 73.0 cm³/mol. The summed E-state index contributed by atoms with van der Waals surface area (Å²) in [6.07, 6.45) is 4.75. The maximum absolute atomic E-state index is 9.20. The normalized spacial score (nSPS) is 26.7. The van der Waals surface area contributed by atoms with E-state index >= 15 is 0 Å². The Morgan fingerprint density at radius 3 is 2.89 bits per heavy atom. The number of hydrogen-bond acceptors (Lipinski definition) is 4. The van der Waals surface area contributed by atoms with Gasteiger partial charge in [-0.3, -0.25) is 0 Å². The third-order valence-electron chi connectivity index (χ3n) is 3.96. The van der Waals surface area contributed by atoms with Crippen LogP contribution < -0.4 is 5.32 Å². The summed E-state index contributed by atoms with van der Waals surface area (Å²) in [6, 6.07) is 6.35. The number of aromatic nitrogens is 1. The van der Waals surface area contributed by atoms with Crippen molar-refractivity contribution in [1.29, 1.82) is 5.26 Å². The molecule has 3 rings (SSSR count). The Morgan fingerprint density at radius 2 is 2.21 bits per heavy atom. The molecule has 1 aliphatic carbocycles. The van der Waals surface area contributed by atoms with Crippen molar-refractivity contribution in [2.45, 2.75) is 50.7 Å². The van der Waals surface area contributed by atoms with Crippen molar-refractivity contribution in [3.05, 3.63) is 23.4 Å². The molecule has 2 atom stereocenters. The van der Waals surface area contributed by atoms with Crippen molar-refractivity contribution in [3.63, 3.8) is 0 Å². The Kier molecular flexibility index (Phi) is 3.39. The SMILES string of the molecule is C[C@H]1OCCC[C@@H]1Nc1nc(C2CC2)ccc1C#N. The molecule has 1 aromatic rings. The van der Waals surface area contributed by atoms with Gasteiger partial charge in [0.2, 0.25) is 0 Å². The number of nitrogens with one attached hydrogen (secondary N) is 1. The smallest absolute Gasteiger partial charge is 0.144 e. The molecule has 2 heterocycles. The summed E-state index contributed by atoms with van der Waals surface area (Å²) in [5, 5.41) is 12.6. The van der Waals surface area contributed by atoms with E-state index in [4.69, 9.17) is 4.74 Å². The first-order valence-corrected chi connectivity index (χ1v) is 7.07. The van der Waals surface area contributed by atoms with Gasteiger partial charge in [0.1, 0.15) is 11.9 Å². The zero-order valence-corrected chi connectivity index (χ0v) is 11.2. The summed E-state index contributed by atoms with van der Waals surface area (Å²) in [7, 11) is 0. The van der Waals surface area contributed by atoms with Crippen LogP contribution >= 0.6 is 0 Å². The van der Waals surface area contributed by atoms with E-state index < -0.39 is 0 Å². The number of anilines is 1. The molecule has 4 nitrogen and oxygen atoms in total. The van der Waals surface area contributed by atoms with Crippen molar-refractivity contribution >= 4 is 5.82 Å². The van der Waals surface area contributed by atoms with Crippen molar-refractivity contribution in [3.8, 4) is 6.07 Å². The molecule has 1 saturated carbocycles. The second-order valence-corrected chi connectivity index (χ2v) is 5.49. The van der Waals surface area contributed by atoms with Gasteiger partial charge in [-0.25, -0.2) is 4.98 Å². The van der Waals surface area contributed by atoms with Crippen LogP contribution in [0.1, 0.15) is 49.8 Å². The van der Waals surface area contributed by atoms with Crippen LogP contribution in [0.25, 0.3) is 0 Å². The van der Waals surface area contributed by atoms with Crippen LogP contribution in [0.2, 0.25) is 0 Å².